The molecule has 1 aromatic carbocycles. The predicted molar refractivity (Wildman–Crippen MR) is 75.7 cm³/mol. The Morgan fingerprint density at radius 3 is 2.65 bits per heavy atom. The van der Waals surface area contributed by atoms with Crippen LogP contribution < -0.4 is 5.32 Å². The summed E-state index contributed by atoms with van der Waals surface area (Å²) >= 11 is 9.42. The molecule has 2 atom stereocenters. The van der Waals surface area contributed by atoms with Crippen molar-refractivity contribution in [3.8, 4) is 0 Å². The average Bonchev–Trinajstić information content (AvgIpc) is 2.31. The van der Waals surface area contributed by atoms with Crippen LogP contribution in [0.5, 0.6) is 0 Å². The molecule has 0 saturated heterocycles. The lowest BCUT2D eigenvalue weighted by Crippen LogP contribution is -2.38. The molecule has 2 unspecified atom stereocenters. The highest BCUT2D eigenvalue weighted by Crippen LogP contribution is 2.15. The van der Waals surface area contributed by atoms with Gasteiger partial charge in [-0.1, -0.05) is 52.7 Å². The average molecular weight is 319 g/mol. The molecule has 0 aromatic heterocycles. The fourth-order valence-electron chi connectivity index (χ4n) is 1.40. The van der Waals surface area contributed by atoms with E-state index in [9.17, 15) is 4.79 Å². The molecule has 0 aliphatic rings. The normalized spacial score (nSPS) is 14.1. The van der Waals surface area contributed by atoms with E-state index < -0.39 is 0 Å². The van der Waals surface area contributed by atoms with E-state index in [1.165, 1.54) is 0 Å². The lowest BCUT2D eigenvalue weighted by molar-refractivity contribution is -0.121. The molecule has 94 valence electrons. The van der Waals surface area contributed by atoms with Crippen LogP contribution in [0.1, 0.15) is 19.4 Å². The monoisotopic (exact) mass is 317 g/mol. The van der Waals surface area contributed by atoms with Crippen molar-refractivity contribution in [2.75, 3.05) is 5.33 Å². The van der Waals surface area contributed by atoms with E-state index in [0.717, 1.165) is 10.9 Å². The van der Waals surface area contributed by atoms with Crippen LogP contribution in [-0.4, -0.2) is 17.3 Å². The highest BCUT2D eigenvalue weighted by molar-refractivity contribution is 9.09. The Kier molecular flexibility index (Phi) is 6.00. The zero-order valence-corrected chi connectivity index (χ0v) is 12.4. The van der Waals surface area contributed by atoms with Gasteiger partial charge in [-0.25, -0.2) is 0 Å². The zero-order valence-electron chi connectivity index (χ0n) is 10.0. The maximum atomic E-state index is 11.8. The summed E-state index contributed by atoms with van der Waals surface area (Å²) in [6.45, 7) is 4.10. The van der Waals surface area contributed by atoms with E-state index >= 15 is 0 Å². The smallest absolute Gasteiger partial charge is 0.224 e. The summed E-state index contributed by atoms with van der Waals surface area (Å²) in [7, 11) is 0. The maximum absolute atomic E-state index is 11.8. The first-order valence-electron chi connectivity index (χ1n) is 5.63. The molecule has 0 aliphatic heterocycles. The molecule has 1 amide bonds. The van der Waals surface area contributed by atoms with Crippen LogP contribution in [0.25, 0.3) is 0 Å². The molecule has 0 saturated carbocycles. The van der Waals surface area contributed by atoms with Crippen molar-refractivity contribution in [2.45, 2.75) is 26.3 Å². The number of rotatable bonds is 5. The number of carbonyl (C=O) groups is 1. The van der Waals surface area contributed by atoms with Crippen LogP contribution in [-0.2, 0) is 11.2 Å². The van der Waals surface area contributed by atoms with Crippen LogP contribution in [0.15, 0.2) is 24.3 Å². The summed E-state index contributed by atoms with van der Waals surface area (Å²) in [4.78, 5) is 11.8. The largest absolute Gasteiger partial charge is 0.353 e. The van der Waals surface area contributed by atoms with E-state index in [2.05, 4.69) is 28.2 Å². The van der Waals surface area contributed by atoms with Gasteiger partial charge in [0.15, 0.2) is 0 Å². The van der Waals surface area contributed by atoms with E-state index in [-0.39, 0.29) is 11.9 Å². The van der Waals surface area contributed by atoms with Crippen LogP contribution in [0.2, 0.25) is 5.02 Å². The Morgan fingerprint density at radius 1 is 1.41 bits per heavy atom. The molecule has 0 fully saturated rings. The van der Waals surface area contributed by atoms with Crippen molar-refractivity contribution in [2.24, 2.45) is 5.92 Å². The quantitative estimate of drug-likeness (QED) is 0.828. The third-order valence-electron chi connectivity index (χ3n) is 2.79. The van der Waals surface area contributed by atoms with Crippen molar-refractivity contribution in [1.82, 2.24) is 5.32 Å². The van der Waals surface area contributed by atoms with Gasteiger partial charge in [0.2, 0.25) is 5.91 Å². The Balaban J connectivity index is 2.53. The molecule has 0 radical (unpaired) electrons. The number of amides is 1. The lowest BCUT2D eigenvalue weighted by atomic mass is 10.1. The summed E-state index contributed by atoms with van der Waals surface area (Å²) in [5.41, 5.74) is 0.866. The zero-order chi connectivity index (χ0) is 12.8. The summed E-state index contributed by atoms with van der Waals surface area (Å²) in [6, 6.07) is 7.58. The van der Waals surface area contributed by atoms with Crippen molar-refractivity contribution in [1.29, 1.82) is 0 Å². The molecule has 2 nitrogen and oxygen atoms in total. The topological polar surface area (TPSA) is 29.1 Å². The van der Waals surface area contributed by atoms with E-state index in [0.29, 0.717) is 17.4 Å². The van der Waals surface area contributed by atoms with Gasteiger partial charge in [-0.15, -0.1) is 0 Å². The highest BCUT2D eigenvalue weighted by Gasteiger charge is 2.14. The van der Waals surface area contributed by atoms with E-state index in [1.54, 1.807) is 6.07 Å². The molecular weight excluding hydrogens is 302 g/mol. The molecule has 1 aromatic rings. The van der Waals surface area contributed by atoms with Gasteiger partial charge in [0.05, 0.1) is 6.42 Å². The second kappa shape index (κ2) is 7.02. The number of hydrogen-bond donors (Lipinski definition) is 1. The van der Waals surface area contributed by atoms with Crippen molar-refractivity contribution < 1.29 is 4.79 Å². The van der Waals surface area contributed by atoms with Crippen molar-refractivity contribution in [3.63, 3.8) is 0 Å². The van der Waals surface area contributed by atoms with Gasteiger partial charge in [-0.3, -0.25) is 4.79 Å². The molecule has 1 rings (SSSR count). The van der Waals surface area contributed by atoms with Crippen molar-refractivity contribution >= 4 is 33.4 Å². The fourth-order valence-corrected chi connectivity index (χ4v) is 2.16. The number of hydrogen-bond acceptors (Lipinski definition) is 1. The third-order valence-corrected chi connectivity index (χ3v) is 4.18. The second-order valence-corrected chi connectivity index (χ2v) is 5.31. The van der Waals surface area contributed by atoms with Crippen LogP contribution in [0.3, 0.4) is 0 Å². The predicted octanol–water partition coefficient (Wildman–Crippen LogP) is 3.42. The Labute approximate surface area is 116 Å². The van der Waals surface area contributed by atoms with Crippen LogP contribution in [0, 0.1) is 5.92 Å². The Morgan fingerprint density at radius 2 is 2.06 bits per heavy atom. The van der Waals surface area contributed by atoms with Gasteiger partial charge < -0.3 is 5.32 Å². The third kappa shape index (κ3) is 4.68. The maximum Gasteiger partial charge on any atom is 0.224 e. The first-order chi connectivity index (χ1) is 8.04. The van der Waals surface area contributed by atoms with Gasteiger partial charge >= 0.3 is 0 Å². The van der Waals surface area contributed by atoms with Gasteiger partial charge in [-0.05, 0) is 24.5 Å². The lowest BCUT2D eigenvalue weighted by Gasteiger charge is -2.19. The summed E-state index contributed by atoms with van der Waals surface area (Å²) < 4.78 is 0. The fraction of sp³-hybridized carbons (Fsp3) is 0.462. The number of halogens is 2. The van der Waals surface area contributed by atoms with Gasteiger partial charge in [0.1, 0.15) is 0 Å². The van der Waals surface area contributed by atoms with E-state index in [4.69, 9.17) is 11.6 Å². The number of carbonyl (C=O) groups excluding carboxylic acids is 1. The summed E-state index contributed by atoms with van der Waals surface area (Å²) in [5.74, 6) is 0.420. The van der Waals surface area contributed by atoms with Crippen LogP contribution in [0.4, 0.5) is 0 Å². The van der Waals surface area contributed by atoms with Gasteiger partial charge in [0, 0.05) is 16.4 Å². The molecule has 4 heteroatoms. The minimum Gasteiger partial charge on any atom is -0.353 e. The van der Waals surface area contributed by atoms with Crippen molar-refractivity contribution in [3.05, 3.63) is 34.9 Å². The number of alkyl halides is 1. The molecule has 0 aliphatic carbocycles. The second-order valence-electron chi connectivity index (χ2n) is 4.26. The molecule has 0 heterocycles. The first-order valence-corrected chi connectivity index (χ1v) is 7.13. The summed E-state index contributed by atoms with van der Waals surface area (Å²) in [6.07, 6.45) is 0.332. The molecule has 0 bridgehead atoms. The highest BCUT2D eigenvalue weighted by atomic mass is 79.9. The Bertz CT molecular complexity index is 383. The SMILES string of the molecule is CC(CBr)C(C)NC(=O)Cc1ccccc1Cl. The molecule has 0 spiro atoms. The van der Waals surface area contributed by atoms with E-state index in [1.807, 2.05) is 25.1 Å². The molecular formula is C13H17BrClNO. The van der Waals surface area contributed by atoms with Crippen LogP contribution >= 0.6 is 27.5 Å². The molecule has 1 N–H and O–H groups in total. The van der Waals surface area contributed by atoms with Gasteiger partial charge in [0.25, 0.3) is 0 Å². The number of nitrogens with one attached hydrogen (secondary N) is 1. The first kappa shape index (κ1) is 14.5. The van der Waals surface area contributed by atoms with Gasteiger partial charge in [-0.2, -0.15) is 0 Å². The molecule has 17 heavy (non-hydrogen) atoms. The Hall–Kier alpha value is -0.540. The number of benzene rings is 1. The summed E-state index contributed by atoms with van der Waals surface area (Å²) in [5, 5.41) is 4.50. The minimum absolute atomic E-state index is 0.0124. The standard InChI is InChI=1S/C13H17BrClNO/c1-9(8-14)10(2)16-13(17)7-11-5-3-4-6-12(11)15/h3-6,9-10H,7-8H2,1-2H3,(H,16,17). The minimum atomic E-state index is 0.0124.